The number of nitrogens with zero attached hydrogens (tertiary/aromatic N) is 4. The van der Waals surface area contributed by atoms with Gasteiger partial charge in [0.15, 0.2) is 0 Å². The number of ether oxygens (including phenoxy) is 3. The average molecular weight is 358 g/mol. The van der Waals surface area contributed by atoms with E-state index in [-0.39, 0.29) is 12.2 Å². The molecule has 0 aliphatic carbocycles. The highest BCUT2D eigenvalue weighted by molar-refractivity contribution is 5.34. The van der Waals surface area contributed by atoms with Crippen molar-refractivity contribution in [1.29, 1.82) is 0 Å². The van der Waals surface area contributed by atoms with Gasteiger partial charge in [-0.2, -0.15) is 5.10 Å². The van der Waals surface area contributed by atoms with Crippen LogP contribution in [0, 0.1) is 6.92 Å². The maximum absolute atomic E-state index is 6.08. The first kappa shape index (κ1) is 17.5. The van der Waals surface area contributed by atoms with Crippen molar-refractivity contribution in [2.24, 2.45) is 7.05 Å². The normalized spacial score (nSPS) is 24.1. The van der Waals surface area contributed by atoms with Crippen molar-refractivity contribution in [3.05, 3.63) is 35.8 Å². The minimum Gasteiger partial charge on any atom is -0.437 e. The Kier molecular flexibility index (Phi) is 5.19. The van der Waals surface area contributed by atoms with Crippen LogP contribution in [0.5, 0.6) is 11.6 Å². The lowest BCUT2D eigenvalue weighted by molar-refractivity contribution is -0.0960. The standard InChI is InChI=1S/C19H26N4O3/c1-14-16(19(22(2)21-14)26-15-5-3-7-20-11-15)12-23-8-10-25-18(13-23)17-6-4-9-24-17/h3,5,7,11,17-18H,4,6,8-10,12-13H2,1-2H3. The van der Waals surface area contributed by atoms with Crippen molar-refractivity contribution in [3.8, 4) is 11.6 Å². The van der Waals surface area contributed by atoms with Gasteiger partial charge in [-0.25, -0.2) is 4.68 Å². The van der Waals surface area contributed by atoms with Crippen molar-refractivity contribution < 1.29 is 14.2 Å². The molecular weight excluding hydrogens is 332 g/mol. The van der Waals surface area contributed by atoms with Crippen LogP contribution >= 0.6 is 0 Å². The molecule has 140 valence electrons. The molecule has 2 aliphatic heterocycles. The van der Waals surface area contributed by atoms with Crippen molar-refractivity contribution in [3.63, 3.8) is 0 Å². The molecule has 2 aromatic rings. The molecular formula is C19H26N4O3. The van der Waals surface area contributed by atoms with E-state index in [0.717, 1.165) is 68.6 Å². The van der Waals surface area contributed by atoms with Gasteiger partial charge in [0.2, 0.25) is 5.88 Å². The van der Waals surface area contributed by atoms with E-state index in [1.807, 2.05) is 26.1 Å². The zero-order chi connectivity index (χ0) is 17.9. The Bertz CT molecular complexity index is 728. The van der Waals surface area contributed by atoms with Crippen molar-refractivity contribution in [1.82, 2.24) is 19.7 Å². The summed E-state index contributed by atoms with van der Waals surface area (Å²) in [6, 6.07) is 3.77. The molecule has 2 aromatic heterocycles. The summed E-state index contributed by atoms with van der Waals surface area (Å²) in [5, 5.41) is 4.56. The first-order chi connectivity index (χ1) is 12.7. The van der Waals surface area contributed by atoms with Crippen LogP contribution in [-0.4, -0.2) is 58.2 Å². The summed E-state index contributed by atoms with van der Waals surface area (Å²) in [6.45, 7) is 6.21. The van der Waals surface area contributed by atoms with Gasteiger partial charge in [0.05, 0.1) is 36.3 Å². The summed E-state index contributed by atoms with van der Waals surface area (Å²) in [5.41, 5.74) is 2.11. The highest BCUT2D eigenvalue weighted by atomic mass is 16.5. The Labute approximate surface area is 153 Å². The number of morpholine rings is 1. The lowest BCUT2D eigenvalue weighted by Gasteiger charge is -2.35. The number of pyridine rings is 1. The summed E-state index contributed by atoms with van der Waals surface area (Å²) < 4.78 is 19.7. The largest absolute Gasteiger partial charge is 0.437 e. The van der Waals surface area contributed by atoms with E-state index in [4.69, 9.17) is 14.2 Å². The first-order valence-electron chi connectivity index (χ1n) is 9.26. The molecule has 0 bridgehead atoms. The second-order valence-corrected chi connectivity index (χ2v) is 6.98. The average Bonchev–Trinajstić information content (AvgIpc) is 3.28. The number of aromatic nitrogens is 3. The maximum atomic E-state index is 6.08. The smallest absolute Gasteiger partial charge is 0.222 e. The van der Waals surface area contributed by atoms with E-state index in [1.165, 1.54) is 0 Å². The third-order valence-electron chi connectivity index (χ3n) is 5.08. The Morgan fingerprint density at radius 1 is 1.27 bits per heavy atom. The van der Waals surface area contributed by atoms with Crippen molar-refractivity contribution >= 4 is 0 Å². The van der Waals surface area contributed by atoms with Gasteiger partial charge >= 0.3 is 0 Å². The molecule has 7 nitrogen and oxygen atoms in total. The molecule has 2 atom stereocenters. The second kappa shape index (κ2) is 7.73. The van der Waals surface area contributed by atoms with Crippen LogP contribution in [0.1, 0.15) is 24.1 Å². The third-order valence-corrected chi connectivity index (χ3v) is 5.08. The van der Waals surface area contributed by atoms with Gasteiger partial charge in [0.25, 0.3) is 0 Å². The zero-order valence-corrected chi connectivity index (χ0v) is 15.4. The van der Waals surface area contributed by atoms with Gasteiger partial charge in [0.1, 0.15) is 5.75 Å². The molecule has 0 aromatic carbocycles. The topological polar surface area (TPSA) is 61.6 Å². The number of hydrogen-bond acceptors (Lipinski definition) is 6. The molecule has 0 radical (unpaired) electrons. The molecule has 7 heteroatoms. The molecule has 2 aliphatic rings. The third kappa shape index (κ3) is 3.75. The summed E-state index contributed by atoms with van der Waals surface area (Å²) in [4.78, 5) is 6.53. The first-order valence-corrected chi connectivity index (χ1v) is 9.26. The van der Waals surface area contributed by atoms with E-state index >= 15 is 0 Å². The van der Waals surface area contributed by atoms with Gasteiger partial charge in [-0.1, -0.05) is 0 Å². The minimum absolute atomic E-state index is 0.158. The highest BCUT2D eigenvalue weighted by Crippen LogP contribution is 2.29. The predicted molar refractivity (Wildman–Crippen MR) is 96.2 cm³/mol. The Balaban J connectivity index is 1.48. The summed E-state index contributed by atoms with van der Waals surface area (Å²) in [6.07, 6.45) is 6.08. The van der Waals surface area contributed by atoms with Crippen LogP contribution in [0.25, 0.3) is 0 Å². The minimum atomic E-state index is 0.158. The lowest BCUT2D eigenvalue weighted by atomic mass is 10.1. The molecule has 4 rings (SSSR count). The SMILES string of the molecule is Cc1nn(C)c(Oc2cccnc2)c1CN1CCOC(C2CCCO2)C1. The van der Waals surface area contributed by atoms with E-state index < -0.39 is 0 Å². The Morgan fingerprint density at radius 3 is 2.92 bits per heavy atom. The second-order valence-electron chi connectivity index (χ2n) is 6.98. The van der Waals surface area contributed by atoms with Crippen LogP contribution in [0.15, 0.2) is 24.5 Å². The van der Waals surface area contributed by atoms with Gasteiger partial charge in [-0.05, 0) is 31.9 Å². The van der Waals surface area contributed by atoms with Crippen LogP contribution in [0.4, 0.5) is 0 Å². The summed E-state index contributed by atoms with van der Waals surface area (Å²) in [7, 11) is 1.91. The van der Waals surface area contributed by atoms with E-state index in [0.29, 0.717) is 0 Å². The van der Waals surface area contributed by atoms with Crippen LogP contribution in [0.2, 0.25) is 0 Å². The predicted octanol–water partition coefficient (Wildman–Crippen LogP) is 2.30. The molecule has 2 saturated heterocycles. The van der Waals surface area contributed by atoms with Gasteiger partial charge in [0, 0.05) is 39.5 Å². The molecule has 0 spiro atoms. The quantitative estimate of drug-likeness (QED) is 0.817. The molecule has 2 fully saturated rings. The highest BCUT2D eigenvalue weighted by Gasteiger charge is 2.32. The Morgan fingerprint density at radius 2 is 2.15 bits per heavy atom. The molecule has 0 amide bonds. The fraction of sp³-hybridized carbons (Fsp3) is 0.579. The van der Waals surface area contributed by atoms with Crippen LogP contribution in [-0.2, 0) is 23.1 Å². The van der Waals surface area contributed by atoms with Gasteiger partial charge in [-0.3, -0.25) is 9.88 Å². The Hall–Kier alpha value is -1.96. The number of rotatable bonds is 5. The zero-order valence-electron chi connectivity index (χ0n) is 15.4. The lowest BCUT2D eigenvalue weighted by Crippen LogP contribution is -2.47. The van der Waals surface area contributed by atoms with Crippen molar-refractivity contribution in [2.75, 3.05) is 26.3 Å². The van der Waals surface area contributed by atoms with Gasteiger partial charge < -0.3 is 14.2 Å². The number of hydrogen-bond donors (Lipinski definition) is 0. The molecule has 26 heavy (non-hydrogen) atoms. The van der Waals surface area contributed by atoms with Crippen molar-refractivity contribution in [2.45, 2.75) is 38.5 Å². The molecule has 2 unspecified atom stereocenters. The van der Waals surface area contributed by atoms with Crippen LogP contribution in [0.3, 0.4) is 0 Å². The van der Waals surface area contributed by atoms with E-state index in [2.05, 4.69) is 15.0 Å². The fourth-order valence-corrected chi connectivity index (χ4v) is 3.73. The fourth-order valence-electron chi connectivity index (χ4n) is 3.73. The van der Waals surface area contributed by atoms with E-state index in [9.17, 15) is 0 Å². The maximum Gasteiger partial charge on any atom is 0.222 e. The molecule has 0 N–H and O–H groups in total. The summed E-state index contributed by atoms with van der Waals surface area (Å²) in [5.74, 6) is 1.49. The van der Waals surface area contributed by atoms with E-state index in [1.54, 1.807) is 17.1 Å². The summed E-state index contributed by atoms with van der Waals surface area (Å²) >= 11 is 0. The number of aryl methyl sites for hydroxylation is 2. The molecule has 4 heterocycles. The van der Waals surface area contributed by atoms with Gasteiger partial charge in [-0.15, -0.1) is 0 Å². The molecule has 0 saturated carbocycles. The monoisotopic (exact) mass is 358 g/mol. The van der Waals surface area contributed by atoms with Crippen LogP contribution < -0.4 is 4.74 Å².